The summed E-state index contributed by atoms with van der Waals surface area (Å²) in [5.74, 6) is -1.53. The van der Waals surface area contributed by atoms with Gasteiger partial charge in [0.05, 0.1) is 28.8 Å². The number of piperazine rings is 1. The Kier molecular flexibility index (Phi) is 4.90. The molecule has 2 aromatic rings. The van der Waals surface area contributed by atoms with Gasteiger partial charge in [-0.25, -0.2) is 9.18 Å². The van der Waals surface area contributed by atoms with Crippen LogP contribution in [0.2, 0.25) is 0 Å². The maximum Gasteiger partial charge on any atom is 0.343 e. The second kappa shape index (κ2) is 7.26. The van der Waals surface area contributed by atoms with Crippen LogP contribution in [0, 0.1) is 5.82 Å². The third kappa shape index (κ3) is 3.11. The molecule has 1 fully saturated rings. The first-order chi connectivity index (χ1) is 13.8. The summed E-state index contributed by atoms with van der Waals surface area (Å²) in [5, 5.41) is 0.0424. The maximum absolute atomic E-state index is 15.3. The largest absolute Gasteiger partial charge is 0.462 e. The Morgan fingerprint density at radius 3 is 2.59 bits per heavy atom. The van der Waals surface area contributed by atoms with E-state index in [1.165, 1.54) is 12.3 Å². The zero-order valence-corrected chi connectivity index (χ0v) is 16.8. The van der Waals surface area contributed by atoms with Crippen molar-refractivity contribution in [1.82, 2.24) is 9.47 Å². The highest BCUT2D eigenvalue weighted by atomic mass is 19.1. The summed E-state index contributed by atoms with van der Waals surface area (Å²) in [6.07, 6.45) is 1.63. The molecule has 1 atom stereocenters. The van der Waals surface area contributed by atoms with Crippen LogP contribution in [-0.4, -0.2) is 61.1 Å². The number of ketones is 1. The average Bonchev–Trinajstić information content (AvgIpc) is 2.68. The molecule has 0 amide bonds. The SMILES string of the molecule is CCOC(=O)c1cn2c3c(c(N4CCN(C)CC4)c(F)cc3c1=O)C(=O)CC2C. The molecule has 0 bridgehead atoms. The number of rotatable bonds is 3. The van der Waals surface area contributed by atoms with E-state index in [2.05, 4.69) is 4.90 Å². The lowest BCUT2D eigenvalue weighted by Gasteiger charge is -2.37. The summed E-state index contributed by atoms with van der Waals surface area (Å²) >= 11 is 0. The van der Waals surface area contributed by atoms with Gasteiger partial charge >= 0.3 is 5.97 Å². The Labute approximate surface area is 167 Å². The topological polar surface area (TPSA) is 71.8 Å². The van der Waals surface area contributed by atoms with Crippen LogP contribution in [0.1, 0.15) is 47.0 Å². The normalized spacial score (nSPS) is 19.7. The number of ether oxygens (including phenoxy) is 1. The van der Waals surface area contributed by atoms with Crippen molar-refractivity contribution in [3.63, 3.8) is 0 Å². The molecular formula is C21H24FN3O4. The number of carbonyl (C=O) groups is 2. The highest BCUT2D eigenvalue weighted by Gasteiger charge is 2.33. The standard InChI is InChI=1S/C21H24FN3O4/c1-4-29-21(28)14-11-25-12(2)9-16(26)17-18(25)13(20(14)27)10-15(22)19(17)24-7-5-23(3)6-8-24/h10-12H,4-9H2,1-3H3. The highest BCUT2D eigenvalue weighted by Crippen LogP contribution is 2.38. The van der Waals surface area contributed by atoms with Gasteiger partial charge in [0, 0.05) is 44.8 Å². The van der Waals surface area contributed by atoms with Gasteiger partial charge < -0.3 is 19.1 Å². The number of pyridine rings is 1. The van der Waals surface area contributed by atoms with Crippen LogP contribution >= 0.6 is 0 Å². The number of likely N-dealkylation sites (N-methyl/N-ethyl adjacent to an activating group) is 1. The number of hydrogen-bond acceptors (Lipinski definition) is 6. The van der Waals surface area contributed by atoms with Crippen molar-refractivity contribution in [1.29, 1.82) is 0 Å². The molecule has 0 saturated carbocycles. The number of benzene rings is 1. The zero-order chi connectivity index (χ0) is 20.9. The third-order valence-electron chi connectivity index (χ3n) is 5.79. The first-order valence-corrected chi connectivity index (χ1v) is 9.88. The maximum atomic E-state index is 15.3. The Balaban J connectivity index is 2.01. The number of anilines is 1. The number of esters is 1. The molecule has 8 heteroatoms. The van der Waals surface area contributed by atoms with Crippen molar-refractivity contribution in [2.75, 3.05) is 44.7 Å². The van der Waals surface area contributed by atoms with Crippen LogP contribution in [0.3, 0.4) is 0 Å². The minimum atomic E-state index is -0.739. The molecule has 2 aliphatic rings. The average molecular weight is 401 g/mol. The molecule has 0 spiro atoms. The van der Waals surface area contributed by atoms with Crippen molar-refractivity contribution in [3.05, 3.63) is 39.4 Å². The third-order valence-corrected chi connectivity index (χ3v) is 5.79. The molecule has 3 heterocycles. The predicted molar refractivity (Wildman–Crippen MR) is 107 cm³/mol. The smallest absolute Gasteiger partial charge is 0.343 e. The fourth-order valence-corrected chi connectivity index (χ4v) is 4.25. The fraction of sp³-hybridized carbons (Fsp3) is 0.476. The lowest BCUT2D eigenvalue weighted by atomic mass is 9.92. The van der Waals surface area contributed by atoms with E-state index >= 15 is 4.39 Å². The van der Waals surface area contributed by atoms with Crippen LogP contribution in [0.15, 0.2) is 17.1 Å². The first-order valence-electron chi connectivity index (χ1n) is 9.88. The van der Waals surface area contributed by atoms with E-state index in [0.717, 1.165) is 13.1 Å². The second-order valence-corrected chi connectivity index (χ2v) is 7.74. The molecule has 1 aromatic heterocycles. The van der Waals surface area contributed by atoms with Crippen molar-refractivity contribution in [2.24, 2.45) is 0 Å². The van der Waals surface area contributed by atoms with Crippen LogP contribution in [0.4, 0.5) is 10.1 Å². The van der Waals surface area contributed by atoms with Gasteiger partial charge in [0.25, 0.3) is 0 Å². The summed E-state index contributed by atoms with van der Waals surface area (Å²) in [6.45, 7) is 6.35. The molecule has 154 valence electrons. The van der Waals surface area contributed by atoms with Gasteiger partial charge in [0.2, 0.25) is 5.43 Å². The van der Waals surface area contributed by atoms with Gasteiger partial charge in [0.1, 0.15) is 11.4 Å². The Morgan fingerprint density at radius 2 is 1.93 bits per heavy atom. The highest BCUT2D eigenvalue weighted by molar-refractivity contribution is 6.13. The molecule has 1 unspecified atom stereocenters. The van der Waals surface area contributed by atoms with Gasteiger partial charge in [0.15, 0.2) is 5.78 Å². The lowest BCUT2D eigenvalue weighted by Crippen LogP contribution is -2.45. The first kappa shape index (κ1) is 19.6. The molecule has 2 aliphatic heterocycles. The van der Waals surface area contributed by atoms with Crippen molar-refractivity contribution >= 4 is 28.3 Å². The van der Waals surface area contributed by atoms with Crippen LogP contribution in [-0.2, 0) is 4.74 Å². The minimum absolute atomic E-state index is 0.0424. The van der Waals surface area contributed by atoms with Crippen molar-refractivity contribution in [2.45, 2.75) is 26.3 Å². The van der Waals surface area contributed by atoms with Gasteiger partial charge in [-0.15, -0.1) is 0 Å². The van der Waals surface area contributed by atoms with E-state index in [1.54, 1.807) is 11.5 Å². The monoisotopic (exact) mass is 401 g/mol. The van der Waals surface area contributed by atoms with E-state index in [-0.39, 0.29) is 47.1 Å². The molecule has 1 aromatic carbocycles. The number of nitrogens with zero attached hydrogens (tertiary/aromatic N) is 3. The minimum Gasteiger partial charge on any atom is -0.462 e. The van der Waals surface area contributed by atoms with Crippen LogP contribution in [0.5, 0.6) is 0 Å². The van der Waals surface area contributed by atoms with E-state index in [1.807, 2.05) is 18.9 Å². The number of halogens is 1. The van der Waals surface area contributed by atoms with Crippen LogP contribution in [0.25, 0.3) is 10.9 Å². The molecule has 0 radical (unpaired) electrons. The second-order valence-electron chi connectivity index (χ2n) is 7.74. The van der Waals surface area contributed by atoms with Gasteiger partial charge in [-0.3, -0.25) is 9.59 Å². The van der Waals surface area contributed by atoms with Crippen molar-refractivity contribution in [3.8, 4) is 0 Å². The Morgan fingerprint density at radius 1 is 1.24 bits per heavy atom. The summed E-state index contributed by atoms with van der Waals surface area (Å²) in [4.78, 5) is 42.3. The summed E-state index contributed by atoms with van der Waals surface area (Å²) in [7, 11) is 2.00. The molecular weight excluding hydrogens is 377 g/mol. The molecule has 1 saturated heterocycles. The molecule has 0 N–H and O–H groups in total. The van der Waals surface area contributed by atoms with Gasteiger partial charge in [-0.05, 0) is 27.0 Å². The summed E-state index contributed by atoms with van der Waals surface area (Å²) in [6, 6.07) is 0.913. The number of Topliss-reactive ketones (excluding diaryl/α,β-unsaturated/α-hetero) is 1. The number of aromatic nitrogens is 1. The predicted octanol–water partition coefficient (Wildman–Crippen LogP) is 2.22. The molecule has 0 aliphatic carbocycles. The van der Waals surface area contributed by atoms with E-state index < -0.39 is 17.2 Å². The fourth-order valence-electron chi connectivity index (χ4n) is 4.25. The van der Waals surface area contributed by atoms with E-state index in [9.17, 15) is 14.4 Å². The van der Waals surface area contributed by atoms with Gasteiger partial charge in [-0.2, -0.15) is 0 Å². The Hall–Kier alpha value is -2.74. The quantitative estimate of drug-likeness (QED) is 0.735. The Bertz CT molecular complexity index is 1070. The lowest BCUT2D eigenvalue weighted by molar-refractivity contribution is 0.0524. The zero-order valence-electron chi connectivity index (χ0n) is 16.8. The summed E-state index contributed by atoms with van der Waals surface area (Å²) < 4.78 is 22.0. The molecule has 7 nitrogen and oxygen atoms in total. The van der Waals surface area contributed by atoms with E-state index in [4.69, 9.17) is 4.74 Å². The number of hydrogen-bond donors (Lipinski definition) is 0. The number of carbonyl (C=O) groups excluding carboxylic acids is 2. The summed E-state index contributed by atoms with van der Waals surface area (Å²) in [5.41, 5.74) is 0.164. The molecule has 29 heavy (non-hydrogen) atoms. The van der Waals surface area contributed by atoms with E-state index in [0.29, 0.717) is 18.6 Å². The van der Waals surface area contributed by atoms with Gasteiger partial charge in [-0.1, -0.05) is 0 Å². The molecule has 4 rings (SSSR count). The van der Waals surface area contributed by atoms with Crippen LogP contribution < -0.4 is 10.3 Å². The van der Waals surface area contributed by atoms with Crippen molar-refractivity contribution < 1.29 is 18.7 Å².